The van der Waals surface area contributed by atoms with Crippen LogP contribution in [0.15, 0.2) is 18.8 Å². The van der Waals surface area contributed by atoms with E-state index in [0.717, 1.165) is 11.1 Å². The Morgan fingerprint density at radius 1 is 1.64 bits per heavy atom. The number of anilines is 1. The zero-order valence-corrected chi connectivity index (χ0v) is 6.25. The first-order valence-electron chi connectivity index (χ1n) is 3.35. The fourth-order valence-corrected chi connectivity index (χ4v) is 0.887. The summed E-state index contributed by atoms with van der Waals surface area (Å²) >= 11 is 0. The second-order valence-electron chi connectivity index (χ2n) is 2.22. The van der Waals surface area contributed by atoms with Crippen LogP contribution < -0.4 is 11.5 Å². The monoisotopic (exact) mass is 149 g/mol. The average molecular weight is 149 g/mol. The molecule has 3 heteroatoms. The molecule has 0 unspecified atom stereocenters. The molecule has 0 atom stereocenters. The predicted octanol–water partition coefficient (Wildman–Crippen LogP) is 0.766. The molecule has 0 aliphatic heterocycles. The van der Waals surface area contributed by atoms with Gasteiger partial charge in [0, 0.05) is 12.7 Å². The smallest absolute Gasteiger partial charge is 0.123 e. The van der Waals surface area contributed by atoms with Crippen LogP contribution >= 0.6 is 0 Å². The number of hydrogen-bond donors (Lipinski definition) is 2. The summed E-state index contributed by atoms with van der Waals surface area (Å²) in [4.78, 5) is 3.91. The summed E-state index contributed by atoms with van der Waals surface area (Å²) in [6.07, 6.45) is 3.39. The van der Waals surface area contributed by atoms with Gasteiger partial charge in [0.2, 0.25) is 0 Å². The molecule has 0 radical (unpaired) electrons. The molecule has 0 fully saturated rings. The van der Waals surface area contributed by atoms with E-state index in [9.17, 15) is 0 Å². The van der Waals surface area contributed by atoms with Gasteiger partial charge in [-0.15, -0.1) is 0 Å². The first-order chi connectivity index (χ1) is 5.27. The fraction of sp³-hybridized carbons (Fsp3) is 0.125. The standard InChI is InChI=1S/C8H11N3/c1-2-6-5-11-8(10)3-7(6)4-9/h2-3,5H,1,4,9H2,(H2,10,11). The van der Waals surface area contributed by atoms with Crippen LogP contribution in [-0.4, -0.2) is 4.98 Å². The maximum atomic E-state index is 5.46. The van der Waals surface area contributed by atoms with Crippen LogP contribution in [0.5, 0.6) is 0 Å². The Bertz CT molecular complexity index is 268. The van der Waals surface area contributed by atoms with Gasteiger partial charge in [-0.1, -0.05) is 12.7 Å². The third-order valence-corrected chi connectivity index (χ3v) is 1.49. The summed E-state index contributed by atoms with van der Waals surface area (Å²) in [6, 6.07) is 1.76. The van der Waals surface area contributed by atoms with E-state index < -0.39 is 0 Å². The molecule has 0 saturated carbocycles. The molecule has 0 amide bonds. The number of aromatic nitrogens is 1. The van der Waals surface area contributed by atoms with Gasteiger partial charge >= 0.3 is 0 Å². The van der Waals surface area contributed by atoms with Crippen molar-refractivity contribution in [2.24, 2.45) is 5.73 Å². The van der Waals surface area contributed by atoms with Crippen molar-refractivity contribution in [3.8, 4) is 0 Å². The van der Waals surface area contributed by atoms with Gasteiger partial charge < -0.3 is 11.5 Å². The minimum absolute atomic E-state index is 0.466. The Labute approximate surface area is 65.7 Å². The van der Waals surface area contributed by atoms with E-state index in [2.05, 4.69) is 11.6 Å². The fourth-order valence-electron chi connectivity index (χ4n) is 0.887. The second kappa shape index (κ2) is 3.16. The van der Waals surface area contributed by atoms with Crippen molar-refractivity contribution in [1.29, 1.82) is 0 Å². The summed E-state index contributed by atoms with van der Waals surface area (Å²) in [6.45, 7) is 4.10. The molecule has 0 aromatic carbocycles. The average Bonchev–Trinajstić information content (AvgIpc) is 2.04. The zero-order valence-electron chi connectivity index (χ0n) is 6.25. The highest BCUT2D eigenvalue weighted by Crippen LogP contribution is 2.10. The lowest BCUT2D eigenvalue weighted by molar-refractivity contribution is 1.05. The molecular weight excluding hydrogens is 138 g/mol. The van der Waals surface area contributed by atoms with E-state index in [0.29, 0.717) is 12.4 Å². The molecule has 0 aliphatic carbocycles. The van der Waals surface area contributed by atoms with Crippen molar-refractivity contribution in [3.63, 3.8) is 0 Å². The van der Waals surface area contributed by atoms with Crippen molar-refractivity contribution in [2.45, 2.75) is 6.54 Å². The van der Waals surface area contributed by atoms with Gasteiger partial charge in [0.25, 0.3) is 0 Å². The summed E-state index contributed by atoms with van der Waals surface area (Å²) < 4.78 is 0. The van der Waals surface area contributed by atoms with E-state index in [-0.39, 0.29) is 0 Å². The lowest BCUT2D eigenvalue weighted by Crippen LogP contribution is -2.01. The molecule has 0 bridgehead atoms. The molecule has 1 aromatic heterocycles. The van der Waals surface area contributed by atoms with Gasteiger partial charge in [-0.3, -0.25) is 0 Å². The summed E-state index contributed by atoms with van der Waals surface area (Å²) in [7, 11) is 0. The van der Waals surface area contributed by atoms with E-state index in [4.69, 9.17) is 11.5 Å². The Balaban J connectivity index is 3.16. The first kappa shape index (κ1) is 7.75. The molecule has 3 nitrogen and oxygen atoms in total. The van der Waals surface area contributed by atoms with Crippen LogP contribution in [0.4, 0.5) is 5.82 Å². The molecule has 58 valence electrons. The van der Waals surface area contributed by atoms with Crippen LogP contribution in [0.3, 0.4) is 0 Å². The number of hydrogen-bond acceptors (Lipinski definition) is 3. The highest BCUT2D eigenvalue weighted by molar-refractivity contribution is 5.53. The van der Waals surface area contributed by atoms with Crippen LogP contribution in [0.2, 0.25) is 0 Å². The highest BCUT2D eigenvalue weighted by atomic mass is 14.8. The maximum Gasteiger partial charge on any atom is 0.123 e. The van der Waals surface area contributed by atoms with Crippen molar-refractivity contribution >= 4 is 11.9 Å². The van der Waals surface area contributed by atoms with Gasteiger partial charge in [-0.25, -0.2) is 4.98 Å². The third-order valence-electron chi connectivity index (χ3n) is 1.49. The Hall–Kier alpha value is -1.35. The number of rotatable bonds is 2. The van der Waals surface area contributed by atoms with E-state index >= 15 is 0 Å². The lowest BCUT2D eigenvalue weighted by atomic mass is 10.1. The van der Waals surface area contributed by atoms with E-state index in [1.807, 2.05) is 0 Å². The Morgan fingerprint density at radius 2 is 2.36 bits per heavy atom. The molecule has 1 rings (SSSR count). The minimum atomic E-state index is 0.466. The molecule has 11 heavy (non-hydrogen) atoms. The molecule has 0 spiro atoms. The number of pyridine rings is 1. The molecular formula is C8H11N3. The normalized spacial score (nSPS) is 9.55. The van der Waals surface area contributed by atoms with Crippen LogP contribution in [0, 0.1) is 0 Å². The zero-order chi connectivity index (χ0) is 8.27. The van der Waals surface area contributed by atoms with Gasteiger partial charge in [0.1, 0.15) is 5.82 Å². The molecule has 1 aromatic rings. The quantitative estimate of drug-likeness (QED) is 0.652. The topological polar surface area (TPSA) is 64.9 Å². The Morgan fingerprint density at radius 3 is 2.91 bits per heavy atom. The molecule has 1 heterocycles. The van der Waals surface area contributed by atoms with Crippen LogP contribution in [-0.2, 0) is 6.54 Å². The summed E-state index contributed by atoms with van der Waals surface area (Å²) in [5, 5.41) is 0. The van der Waals surface area contributed by atoms with Crippen LogP contribution in [0.1, 0.15) is 11.1 Å². The lowest BCUT2D eigenvalue weighted by Gasteiger charge is -2.02. The first-order valence-corrected chi connectivity index (χ1v) is 3.35. The summed E-state index contributed by atoms with van der Waals surface area (Å²) in [5.41, 5.74) is 12.8. The molecule has 0 saturated heterocycles. The van der Waals surface area contributed by atoms with Crippen molar-refractivity contribution < 1.29 is 0 Å². The summed E-state index contributed by atoms with van der Waals surface area (Å²) in [5.74, 6) is 0.496. The van der Waals surface area contributed by atoms with Gasteiger partial charge in [0.05, 0.1) is 0 Å². The third kappa shape index (κ3) is 1.56. The van der Waals surface area contributed by atoms with Gasteiger partial charge in [-0.05, 0) is 17.2 Å². The number of nitrogen functional groups attached to an aromatic ring is 1. The van der Waals surface area contributed by atoms with E-state index in [1.165, 1.54) is 0 Å². The van der Waals surface area contributed by atoms with Crippen molar-refractivity contribution in [1.82, 2.24) is 4.98 Å². The second-order valence-corrected chi connectivity index (χ2v) is 2.22. The van der Waals surface area contributed by atoms with E-state index in [1.54, 1.807) is 18.3 Å². The maximum absolute atomic E-state index is 5.46. The van der Waals surface area contributed by atoms with Crippen molar-refractivity contribution in [3.05, 3.63) is 30.0 Å². The molecule has 0 aliphatic rings. The number of nitrogens with zero attached hydrogens (tertiary/aromatic N) is 1. The van der Waals surface area contributed by atoms with Crippen LogP contribution in [0.25, 0.3) is 6.08 Å². The largest absolute Gasteiger partial charge is 0.384 e. The Kier molecular flexibility index (Phi) is 2.23. The van der Waals surface area contributed by atoms with Gasteiger partial charge in [0.15, 0.2) is 0 Å². The molecule has 4 N–H and O–H groups in total. The minimum Gasteiger partial charge on any atom is -0.384 e. The SMILES string of the molecule is C=Cc1cnc(N)cc1CN. The van der Waals surface area contributed by atoms with Crippen molar-refractivity contribution in [2.75, 3.05) is 5.73 Å². The number of nitrogens with two attached hydrogens (primary N) is 2. The predicted molar refractivity (Wildman–Crippen MR) is 46.6 cm³/mol. The highest BCUT2D eigenvalue weighted by Gasteiger charge is 1.97. The van der Waals surface area contributed by atoms with Gasteiger partial charge in [-0.2, -0.15) is 0 Å².